The first-order chi connectivity index (χ1) is 10.6. The highest BCUT2D eigenvalue weighted by Gasteiger charge is 2.24. The molecule has 0 atom stereocenters. The minimum Gasteiger partial charge on any atom is -0.478 e. The van der Waals surface area contributed by atoms with Gasteiger partial charge in [-0.3, -0.25) is 4.79 Å². The van der Waals surface area contributed by atoms with E-state index in [9.17, 15) is 9.59 Å². The van der Waals surface area contributed by atoms with E-state index in [-0.39, 0.29) is 29.1 Å². The lowest BCUT2D eigenvalue weighted by Gasteiger charge is -2.14. The number of carbonyl (C=O) groups excluding carboxylic acids is 1. The van der Waals surface area contributed by atoms with Crippen LogP contribution in [0.1, 0.15) is 58.9 Å². The van der Waals surface area contributed by atoms with Crippen LogP contribution >= 0.6 is 0 Å². The van der Waals surface area contributed by atoms with Gasteiger partial charge in [0, 0.05) is 18.5 Å². The van der Waals surface area contributed by atoms with Gasteiger partial charge < -0.3 is 18.9 Å². The second kappa shape index (κ2) is 5.91. The van der Waals surface area contributed by atoms with Crippen LogP contribution in [0.4, 0.5) is 0 Å². The van der Waals surface area contributed by atoms with Gasteiger partial charge in [0.05, 0.1) is 6.54 Å². The van der Waals surface area contributed by atoms with Crippen LogP contribution in [0.15, 0.2) is 21.1 Å². The Hall–Kier alpha value is -2.57. The molecule has 23 heavy (non-hydrogen) atoms. The molecule has 2 aromatic rings. The maximum absolute atomic E-state index is 12.4. The molecule has 2 rings (SSSR count). The van der Waals surface area contributed by atoms with Crippen molar-refractivity contribution in [3.05, 3.63) is 40.7 Å². The third-order valence-electron chi connectivity index (χ3n) is 3.41. The summed E-state index contributed by atoms with van der Waals surface area (Å²) >= 11 is 0. The van der Waals surface area contributed by atoms with Crippen LogP contribution in [0.3, 0.4) is 0 Å². The van der Waals surface area contributed by atoms with Crippen LogP contribution in [0, 0.1) is 6.92 Å². The molecule has 0 fully saturated rings. The van der Waals surface area contributed by atoms with Gasteiger partial charge in [0.25, 0.3) is 5.91 Å². The molecule has 7 nitrogen and oxygen atoms in total. The number of hydrogen-bond acceptors (Lipinski definition) is 5. The fourth-order valence-electron chi connectivity index (χ4n) is 2.06. The van der Waals surface area contributed by atoms with E-state index in [0.717, 1.165) is 0 Å². The third-order valence-corrected chi connectivity index (χ3v) is 3.41. The topological polar surface area (TPSA) is 96.8 Å². The summed E-state index contributed by atoms with van der Waals surface area (Å²) in [5.41, 5.74) is 0.0648. The first-order valence-electron chi connectivity index (χ1n) is 7.15. The molecule has 124 valence electrons. The van der Waals surface area contributed by atoms with Gasteiger partial charge in [0.15, 0.2) is 5.69 Å². The summed E-state index contributed by atoms with van der Waals surface area (Å²) in [6, 6.07) is 3.04. The molecular formula is C16H20N2O5. The monoisotopic (exact) mass is 320 g/mol. The molecule has 0 aromatic carbocycles. The summed E-state index contributed by atoms with van der Waals surface area (Å²) in [5, 5.41) is 12.8. The molecule has 0 aliphatic rings. The number of furan rings is 1. The molecule has 0 radical (unpaired) electrons. The molecule has 2 aromatic heterocycles. The highest BCUT2D eigenvalue weighted by atomic mass is 16.5. The van der Waals surface area contributed by atoms with E-state index in [4.69, 9.17) is 14.0 Å². The second-order valence-corrected chi connectivity index (χ2v) is 6.48. The van der Waals surface area contributed by atoms with Gasteiger partial charge in [-0.25, -0.2) is 4.79 Å². The number of amides is 1. The lowest BCUT2D eigenvalue weighted by molar-refractivity contribution is 0.0694. The molecule has 0 saturated heterocycles. The SMILES string of the molecule is Cc1oc(CN(C)C(=O)c2cc(C(C)(C)C)on2)cc1C(=O)O. The summed E-state index contributed by atoms with van der Waals surface area (Å²) < 4.78 is 10.6. The van der Waals surface area contributed by atoms with Gasteiger partial charge in [-0.15, -0.1) is 0 Å². The van der Waals surface area contributed by atoms with Crippen molar-refractivity contribution in [1.29, 1.82) is 0 Å². The first-order valence-corrected chi connectivity index (χ1v) is 7.15. The number of carboxylic acid groups (broad SMARTS) is 1. The molecule has 2 heterocycles. The molecule has 0 aliphatic carbocycles. The van der Waals surface area contributed by atoms with Crippen molar-refractivity contribution in [3.8, 4) is 0 Å². The lowest BCUT2D eigenvalue weighted by Crippen LogP contribution is -2.26. The number of hydrogen-bond donors (Lipinski definition) is 1. The Balaban J connectivity index is 2.12. The first kappa shape index (κ1) is 16.8. The maximum atomic E-state index is 12.4. The average Bonchev–Trinajstić information content (AvgIpc) is 3.04. The number of carbonyl (C=O) groups is 2. The van der Waals surface area contributed by atoms with E-state index in [1.165, 1.54) is 11.0 Å². The fourth-order valence-corrected chi connectivity index (χ4v) is 2.06. The van der Waals surface area contributed by atoms with Gasteiger partial charge in [-0.05, 0) is 13.0 Å². The zero-order valence-corrected chi connectivity index (χ0v) is 13.8. The molecular weight excluding hydrogens is 300 g/mol. The molecule has 0 spiro atoms. The van der Waals surface area contributed by atoms with Crippen LogP contribution < -0.4 is 0 Å². The molecule has 1 N–H and O–H groups in total. The lowest BCUT2D eigenvalue weighted by atomic mass is 9.93. The number of aromatic nitrogens is 1. The molecule has 1 amide bonds. The van der Waals surface area contributed by atoms with Crippen molar-refractivity contribution in [2.24, 2.45) is 0 Å². The predicted molar refractivity (Wildman–Crippen MR) is 81.4 cm³/mol. The Morgan fingerprint density at radius 2 is 1.96 bits per heavy atom. The Labute approximate surface area is 133 Å². The van der Waals surface area contributed by atoms with Gasteiger partial charge in [-0.1, -0.05) is 25.9 Å². The summed E-state index contributed by atoms with van der Waals surface area (Å²) in [6.45, 7) is 7.60. The van der Waals surface area contributed by atoms with Crippen LogP contribution in [0.25, 0.3) is 0 Å². The zero-order valence-electron chi connectivity index (χ0n) is 13.8. The number of nitrogens with zero attached hydrogens (tertiary/aromatic N) is 2. The third kappa shape index (κ3) is 3.61. The molecule has 0 saturated carbocycles. The summed E-state index contributed by atoms with van der Waals surface area (Å²) in [7, 11) is 1.59. The van der Waals surface area contributed by atoms with E-state index in [1.54, 1.807) is 20.0 Å². The van der Waals surface area contributed by atoms with Crippen molar-refractivity contribution in [1.82, 2.24) is 10.1 Å². The summed E-state index contributed by atoms with van der Waals surface area (Å²) in [4.78, 5) is 24.8. The standard InChI is InChI=1S/C16H20N2O5/c1-9-11(15(20)21)6-10(22-9)8-18(5)14(19)12-7-13(23-17-12)16(2,3)4/h6-7H,8H2,1-5H3,(H,20,21). The summed E-state index contributed by atoms with van der Waals surface area (Å²) in [6.07, 6.45) is 0. The van der Waals surface area contributed by atoms with Crippen molar-refractivity contribution >= 4 is 11.9 Å². The van der Waals surface area contributed by atoms with Gasteiger partial charge in [0.2, 0.25) is 0 Å². The number of aryl methyl sites for hydroxylation is 1. The Morgan fingerprint density at radius 3 is 2.43 bits per heavy atom. The largest absolute Gasteiger partial charge is 0.478 e. The normalized spacial score (nSPS) is 11.5. The summed E-state index contributed by atoms with van der Waals surface area (Å²) in [5.74, 6) is -0.0515. The minimum atomic E-state index is -1.06. The Morgan fingerprint density at radius 1 is 1.30 bits per heavy atom. The smallest absolute Gasteiger partial charge is 0.339 e. The average molecular weight is 320 g/mol. The number of carboxylic acids is 1. The highest BCUT2D eigenvalue weighted by molar-refractivity contribution is 5.92. The number of rotatable bonds is 4. The fraction of sp³-hybridized carbons (Fsp3) is 0.438. The van der Waals surface area contributed by atoms with E-state index in [2.05, 4.69) is 5.16 Å². The highest BCUT2D eigenvalue weighted by Crippen LogP contribution is 2.23. The second-order valence-electron chi connectivity index (χ2n) is 6.48. The zero-order chi connectivity index (χ0) is 17.4. The molecule has 0 bridgehead atoms. The van der Waals surface area contributed by atoms with Crippen LogP contribution in [-0.4, -0.2) is 34.1 Å². The van der Waals surface area contributed by atoms with Crippen molar-refractivity contribution in [3.63, 3.8) is 0 Å². The maximum Gasteiger partial charge on any atom is 0.339 e. The van der Waals surface area contributed by atoms with Gasteiger partial charge in [0.1, 0.15) is 22.8 Å². The van der Waals surface area contributed by atoms with Crippen LogP contribution in [0.2, 0.25) is 0 Å². The van der Waals surface area contributed by atoms with Crippen LogP contribution in [0.5, 0.6) is 0 Å². The van der Waals surface area contributed by atoms with Crippen molar-refractivity contribution < 1.29 is 23.6 Å². The quantitative estimate of drug-likeness (QED) is 0.930. The minimum absolute atomic E-state index is 0.0947. The Kier molecular flexibility index (Phi) is 4.31. The number of aromatic carboxylic acids is 1. The van der Waals surface area contributed by atoms with Crippen molar-refractivity contribution in [2.75, 3.05) is 7.05 Å². The van der Waals surface area contributed by atoms with E-state index < -0.39 is 5.97 Å². The van der Waals surface area contributed by atoms with E-state index in [0.29, 0.717) is 17.3 Å². The van der Waals surface area contributed by atoms with Gasteiger partial charge in [-0.2, -0.15) is 0 Å². The molecule has 7 heteroatoms. The molecule has 0 unspecified atom stereocenters. The Bertz CT molecular complexity index is 736. The van der Waals surface area contributed by atoms with Crippen LogP contribution in [-0.2, 0) is 12.0 Å². The van der Waals surface area contributed by atoms with Gasteiger partial charge >= 0.3 is 5.97 Å². The van der Waals surface area contributed by atoms with E-state index in [1.807, 2.05) is 20.8 Å². The van der Waals surface area contributed by atoms with Crippen molar-refractivity contribution in [2.45, 2.75) is 39.7 Å². The van der Waals surface area contributed by atoms with E-state index >= 15 is 0 Å². The molecule has 0 aliphatic heterocycles. The predicted octanol–water partition coefficient (Wildman–Crippen LogP) is 2.84.